The number of nitrogens with one attached hydrogen (secondary N) is 1. The molecule has 0 unspecified atom stereocenters. The minimum Gasteiger partial charge on any atom is -0.496 e. The van der Waals surface area contributed by atoms with Crippen LogP contribution in [0.15, 0.2) is 52.3 Å². The molecule has 2 aromatic rings. The molecule has 0 heterocycles. The van der Waals surface area contributed by atoms with E-state index in [0.29, 0.717) is 11.4 Å². The highest BCUT2D eigenvalue weighted by Crippen LogP contribution is 2.30. The molecule has 2 rings (SSSR count). The van der Waals surface area contributed by atoms with Crippen LogP contribution >= 0.6 is 11.8 Å². The quantitative estimate of drug-likeness (QED) is 0.787. The van der Waals surface area contributed by atoms with Crippen LogP contribution in [0.3, 0.4) is 0 Å². The molecule has 2 aromatic carbocycles. The maximum atomic E-state index is 12.6. The van der Waals surface area contributed by atoms with Crippen LogP contribution in [0.25, 0.3) is 0 Å². The van der Waals surface area contributed by atoms with Gasteiger partial charge in [0.2, 0.25) is 0 Å². The lowest BCUT2D eigenvalue weighted by Gasteiger charge is -2.14. The Bertz CT molecular complexity index is 786. The van der Waals surface area contributed by atoms with Gasteiger partial charge < -0.3 is 4.74 Å². The molecule has 124 valence electrons. The van der Waals surface area contributed by atoms with E-state index in [1.165, 1.54) is 0 Å². The molecule has 0 aliphatic heterocycles. The van der Waals surface area contributed by atoms with Gasteiger partial charge in [0.05, 0.1) is 12.0 Å². The second-order valence-corrected chi connectivity index (χ2v) is 7.96. The first-order valence-corrected chi connectivity index (χ1v) is 9.93. The van der Waals surface area contributed by atoms with E-state index in [-0.39, 0.29) is 10.8 Å². The number of ether oxygens (including phenoxy) is 1. The standard InChI is InChI=1S/C17H21NO3S2/c1-12(2)16-11-15(8-9-17(16)21-3)23(19,20)18-13-6-5-7-14(10-13)22-4/h5-12,18H,1-4H3. The summed E-state index contributed by atoms with van der Waals surface area (Å²) in [7, 11) is -2.05. The Kier molecular flexibility index (Phi) is 5.59. The molecule has 0 aliphatic rings. The zero-order valence-corrected chi connectivity index (χ0v) is 15.3. The van der Waals surface area contributed by atoms with E-state index >= 15 is 0 Å². The molecule has 23 heavy (non-hydrogen) atoms. The van der Waals surface area contributed by atoms with Gasteiger partial charge in [0.25, 0.3) is 10.0 Å². The van der Waals surface area contributed by atoms with Gasteiger partial charge in [0, 0.05) is 10.6 Å². The van der Waals surface area contributed by atoms with E-state index in [2.05, 4.69) is 4.72 Å². The third-order valence-corrected chi connectivity index (χ3v) is 5.56. The van der Waals surface area contributed by atoms with Crippen LogP contribution in [0.4, 0.5) is 5.69 Å². The van der Waals surface area contributed by atoms with Crippen LogP contribution in [-0.4, -0.2) is 21.8 Å². The average Bonchev–Trinajstić information content (AvgIpc) is 2.53. The van der Waals surface area contributed by atoms with Crippen molar-refractivity contribution >= 4 is 27.5 Å². The van der Waals surface area contributed by atoms with Crippen LogP contribution in [0.1, 0.15) is 25.3 Å². The zero-order chi connectivity index (χ0) is 17.0. The third-order valence-electron chi connectivity index (χ3n) is 3.46. The van der Waals surface area contributed by atoms with Gasteiger partial charge in [-0.2, -0.15) is 0 Å². The monoisotopic (exact) mass is 351 g/mol. The summed E-state index contributed by atoms with van der Waals surface area (Å²) < 4.78 is 33.2. The van der Waals surface area contributed by atoms with Gasteiger partial charge in [-0.25, -0.2) is 8.42 Å². The van der Waals surface area contributed by atoms with Crippen molar-refractivity contribution in [3.63, 3.8) is 0 Å². The average molecular weight is 351 g/mol. The number of thioether (sulfide) groups is 1. The van der Waals surface area contributed by atoms with E-state index in [9.17, 15) is 8.42 Å². The largest absolute Gasteiger partial charge is 0.496 e. The van der Waals surface area contributed by atoms with E-state index < -0.39 is 10.0 Å². The predicted octanol–water partition coefficient (Wildman–Crippen LogP) is 4.34. The van der Waals surface area contributed by atoms with Gasteiger partial charge in [-0.15, -0.1) is 11.8 Å². The number of rotatable bonds is 6. The van der Waals surface area contributed by atoms with Crippen molar-refractivity contribution in [1.29, 1.82) is 0 Å². The van der Waals surface area contributed by atoms with Crippen molar-refractivity contribution in [3.05, 3.63) is 48.0 Å². The molecule has 0 radical (unpaired) electrons. The number of methoxy groups -OCH3 is 1. The summed E-state index contributed by atoms with van der Waals surface area (Å²) >= 11 is 1.56. The molecule has 0 atom stereocenters. The Morgan fingerprint density at radius 2 is 1.87 bits per heavy atom. The Morgan fingerprint density at radius 1 is 1.13 bits per heavy atom. The first-order chi connectivity index (χ1) is 10.9. The van der Waals surface area contributed by atoms with Crippen molar-refractivity contribution in [2.45, 2.75) is 29.6 Å². The lowest BCUT2D eigenvalue weighted by molar-refractivity contribution is 0.407. The predicted molar refractivity (Wildman–Crippen MR) is 96.1 cm³/mol. The fourth-order valence-electron chi connectivity index (χ4n) is 2.23. The molecule has 0 saturated carbocycles. The van der Waals surface area contributed by atoms with Crippen molar-refractivity contribution < 1.29 is 13.2 Å². The molecule has 0 aliphatic carbocycles. The molecule has 4 nitrogen and oxygen atoms in total. The molecular formula is C17H21NO3S2. The highest BCUT2D eigenvalue weighted by Gasteiger charge is 2.18. The molecule has 6 heteroatoms. The number of anilines is 1. The van der Waals surface area contributed by atoms with Gasteiger partial charge >= 0.3 is 0 Å². The summed E-state index contributed by atoms with van der Waals surface area (Å²) in [5.41, 5.74) is 1.42. The molecule has 0 bridgehead atoms. The van der Waals surface area contributed by atoms with E-state index in [4.69, 9.17) is 4.74 Å². The number of hydrogen-bond acceptors (Lipinski definition) is 4. The van der Waals surface area contributed by atoms with Gasteiger partial charge in [-0.05, 0) is 54.1 Å². The molecule has 0 fully saturated rings. The highest BCUT2D eigenvalue weighted by atomic mass is 32.2. The second kappa shape index (κ2) is 7.27. The maximum Gasteiger partial charge on any atom is 0.261 e. The zero-order valence-electron chi connectivity index (χ0n) is 13.7. The second-order valence-electron chi connectivity index (χ2n) is 5.40. The van der Waals surface area contributed by atoms with E-state index in [1.807, 2.05) is 38.3 Å². The number of hydrogen-bond donors (Lipinski definition) is 1. The molecule has 1 N–H and O–H groups in total. The summed E-state index contributed by atoms with van der Waals surface area (Å²) in [5, 5.41) is 0. The Balaban J connectivity index is 2.37. The van der Waals surface area contributed by atoms with Crippen molar-refractivity contribution in [2.75, 3.05) is 18.1 Å². The van der Waals surface area contributed by atoms with Crippen LogP contribution in [0.5, 0.6) is 5.75 Å². The topological polar surface area (TPSA) is 55.4 Å². The lowest BCUT2D eigenvalue weighted by atomic mass is 10.0. The van der Waals surface area contributed by atoms with Gasteiger partial charge in [-0.1, -0.05) is 19.9 Å². The summed E-state index contributed by atoms with van der Waals surface area (Å²) in [5.74, 6) is 0.864. The fourth-order valence-corrected chi connectivity index (χ4v) is 3.78. The SMILES string of the molecule is COc1ccc(S(=O)(=O)Nc2cccc(SC)c2)cc1C(C)C. The Labute approximate surface area is 142 Å². The third kappa shape index (κ3) is 4.20. The smallest absolute Gasteiger partial charge is 0.261 e. The van der Waals surface area contributed by atoms with Crippen LogP contribution < -0.4 is 9.46 Å². The molecule has 0 amide bonds. The number of benzene rings is 2. The minimum atomic E-state index is -3.63. The van der Waals surface area contributed by atoms with E-state index in [0.717, 1.165) is 10.5 Å². The molecule has 0 spiro atoms. The minimum absolute atomic E-state index is 0.167. The summed E-state index contributed by atoms with van der Waals surface area (Å²) in [4.78, 5) is 1.24. The van der Waals surface area contributed by atoms with Gasteiger partial charge in [0.1, 0.15) is 5.75 Å². The van der Waals surface area contributed by atoms with Crippen LogP contribution in [0.2, 0.25) is 0 Å². The normalized spacial score (nSPS) is 11.5. The summed E-state index contributed by atoms with van der Waals surface area (Å²) in [6.45, 7) is 4.01. The summed E-state index contributed by atoms with van der Waals surface area (Å²) in [6, 6.07) is 12.3. The summed E-state index contributed by atoms with van der Waals surface area (Å²) in [6.07, 6.45) is 1.95. The maximum absolute atomic E-state index is 12.6. The molecular weight excluding hydrogens is 330 g/mol. The lowest BCUT2D eigenvalue weighted by Crippen LogP contribution is -2.13. The highest BCUT2D eigenvalue weighted by molar-refractivity contribution is 7.98. The molecule has 0 saturated heterocycles. The van der Waals surface area contributed by atoms with Crippen LogP contribution in [0, 0.1) is 0 Å². The van der Waals surface area contributed by atoms with Crippen LogP contribution in [-0.2, 0) is 10.0 Å². The Morgan fingerprint density at radius 3 is 2.48 bits per heavy atom. The van der Waals surface area contributed by atoms with Gasteiger partial charge in [-0.3, -0.25) is 4.72 Å². The van der Waals surface area contributed by atoms with Gasteiger partial charge in [0.15, 0.2) is 0 Å². The Hall–Kier alpha value is -1.66. The first kappa shape index (κ1) is 17.7. The molecule has 0 aromatic heterocycles. The van der Waals surface area contributed by atoms with Crippen molar-refractivity contribution in [2.24, 2.45) is 0 Å². The van der Waals surface area contributed by atoms with E-state index in [1.54, 1.807) is 43.1 Å². The van der Waals surface area contributed by atoms with Crippen molar-refractivity contribution in [1.82, 2.24) is 0 Å². The van der Waals surface area contributed by atoms with Crippen molar-refractivity contribution in [3.8, 4) is 5.75 Å². The number of sulfonamides is 1. The first-order valence-electron chi connectivity index (χ1n) is 7.22. The fraction of sp³-hybridized carbons (Fsp3) is 0.294.